The first kappa shape index (κ1) is 14.0. The summed E-state index contributed by atoms with van der Waals surface area (Å²) in [6.45, 7) is 3.00. The highest BCUT2D eigenvalue weighted by atomic mass is 19.1. The number of carbonyl (C=O) groups excluding carboxylic acids is 1. The molecule has 0 saturated carbocycles. The Bertz CT molecular complexity index is 446. The third kappa shape index (κ3) is 2.95. The highest BCUT2D eigenvalue weighted by Gasteiger charge is 2.36. The average molecular weight is 264 g/mol. The lowest BCUT2D eigenvalue weighted by atomic mass is 9.81. The van der Waals surface area contributed by atoms with Crippen LogP contribution in [0.5, 0.6) is 0 Å². The monoisotopic (exact) mass is 264 g/mol. The van der Waals surface area contributed by atoms with Gasteiger partial charge in [0.2, 0.25) is 5.91 Å². The quantitative estimate of drug-likeness (QED) is 0.905. The summed E-state index contributed by atoms with van der Waals surface area (Å²) in [4.78, 5) is 14.0. The molecular formula is C15H21FN2O. The molecule has 0 radical (unpaired) electrons. The van der Waals surface area contributed by atoms with Gasteiger partial charge in [-0.25, -0.2) is 4.39 Å². The van der Waals surface area contributed by atoms with Gasteiger partial charge in [0, 0.05) is 6.04 Å². The van der Waals surface area contributed by atoms with Gasteiger partial charge in [0.15, 0.2) is 0 Å². The van der Waals surface area contributed by atoms with Crippen molar-refractivity contribution in [2.24, 2.45) is 11.7 Å². The van der Waals surface area contributed by atoms with Gasteiger partial charge in [-0.15, -0.1) is 0 Å². The molecule has 1 amide bonds. The van der Waals surface area contributed by atoms with Crippen molar-refractivity contribution in [1.82, 2.24) is 4.90 Å². The highest BCUT2D eigenvalue weighted by Crippen LogP contribution is 2.33. The number of rotatable bonds is 4. The van der Waals surface area contributed by atoms with Crippen molar-refractivity contribution in [3.05, 3.63) is 35.6 Å². The van der Waals surface area contributed by atoms with E-state index in [2.05, 4.69) is 4.90 Å². The average Bonchev–Trinajstić information content (AvgIpc) is 2.76. The molecule has 4 heteroatoms. The van der Waals surface area contributed by atoms with Gasteiger partial charge in [0.1, 0.15) is 5.82 Å². The van der Waals surface area contributed by atoms with Crippen molar-refractivity contribution < 1.29 is 9.18 Å². The van der Waals surface area contributed by atoms with E-state index in [0.717, 1.165) is 24.9 Å². The van der Waals surface area contributed by atoms with Crippen LogP contribution in [0.2, 0.25) is 0 Å². The fourth-order valence-electron chi connectivity index (χ4n) is 3.13. The van der Waals surface area contributed by atoms with Crippen LogP contribution in [0.3, 0.4) is 0 Å². The number of halogens is 1. The van der Waals surface area contributed by atoms with Crippen LogP contribution in [0.1, 0.15) is 31.2 Å². The number of amides is 1. The van der Waals surface area contributed by atoms with Crippen LogP contribution in [0, 0.1) is 11.7 Å². The molecule has 1 saturated heterocycles. The van der Waals surface area contributed by atoms with Gasteiger partial charge in [0.05, 0.1) is 5.92 Å². The van der Waals surface area contributed by atoms with Crippen LogP contribution >= 0.6 is 0 Å². The summed E-state index contributed by atoms with van der Waals surface area (Å²) in [5.41, 5.74) is 6.57. The number of nitrogens with zero attached hydrogens (tertiary/aromatic N) is 1. The van der Waals surface area contributed by atoms with Crippen molar-refractivity contribution in [2.45, 2.75) is 31.7 Å². The molecule has 0 bridgehead atoms. The zero-order chi connectivity index (χ0) is 14.0. The largest absolute Gasteiger partial charge is 0.369 e. The molecule has 2 N–H and O–H groups in total. The number of primary amides is 1. The first-order valence-electron chi connectivity index (χ1n) is 6.75. The maximum Gasteiger partial charge on any atom is 0.222 e. The van der Waals surface area contributed by atoms with Crippen molar-refractivity contribution >= 4 is 5.91 Å². The summed E-state index contributed by atoms with van der Waals surface area (Å²) in [6, 6.07) is 6.54. The van der Waals surface area contributed by atoms with Gasteiger partial charge >= 0.3 is 0 Å². The molecule has 1 heterocycles. The van der Waals surface area contributed by atoms with E-state index in [0.29, 0.717) is 0 Å². The molecule has 1 fully saturated rings. The number of hydrogen-bond donors (Lipinski definition) is 1. The van der Waals surface area contributed by atoms with E-state index in [1.807, 2.05) is 14.0 Å². The first-order valence-corrected chi connectivity index (χ1v) is 6.75. The van der Waals surface area contributed by atoms with Crippen LogP contribution in [0.15, 0.2) is 24.3 Å². The molecule has 2 rings (SSSR count). The summed E-state index contributed by atoms with van der Waals surface area (Å²) >= 11 is 0. The minimum Gasteiger partial charge on any atom is -0.369 e. The van der Waals surface area contributed by atoms with Gasteiger partial charge in [-0.05, 0) is 50.0 Å². The summed E-state index contributed by atoms with van der Waals surface area (Å²) in [5.74, 6) is -0.748. The molecule has 1 aliphatic heterocycles. The van der Waals surface area contributed by atoms with E-state index < -0.39 is 0 Å². The Morgan fingerprint density at radius 2 is 2.05 bits per heavy atom. The molecule has 1 aliphatic rings. The van der Waals surface area contributed by atoms with E-state index in [9.17, 15) is 9.18 Å². The fraction of sp³-hybridized carbons (Fsp3) is 0.533. The lowest BCUT2D eigenvalue weighted by Gasteiger charge is -2.31. The van der Waals surface area contributed by atoms with Crippen LogP contribution in [0.4, 0.5) is 4.39 Å². The molecule has 1 unspecified atom stereocenters. The van der Waals surface area contributed by atoms with E-state index >= 15 is 0 Å². The third-order valence-corrected chi connectivity index (χ3v) is 4.25. The number of benzene rings is 1. The van der Waals surface area contributed by atoms with Gasteiger partial charge in [0.25, 0.3) is 0 Å². The SMILES string of the molecule is C[C@H](c1ccc(F)cc1)C(C(N)=O)[C@H]1CCCN1C. The number of nitrogens with two attached hydrogens (primary N) is 1. The van der Waals surface area contributed by atoms with E-state index in [4.69, 9.17) is 5.73 Å². The smallest absolute Gasteiger partial charge is 0.222 e. The van der Waals surface area contributed by atoms with Crippen LogP contribution in [-0.2, 0) is 4.79 Å². The normalized spacial score (nSPS) is 23.2. The van der Waals surface area contributed by atoms with Crippen molar-refractivity contribution in [3.63, 3.8) is 0 Å². The Morgan fingerprint density at radius 3 is 2.53 bits per heavy atom. The maximum absolute atomic E-state index is 13.0. The lowest BCUT2D eigenvalue weighted by Crippen LogP contribution is -2.42. The summed E-state index contributed by atoms with van der Waals surface area (Å²) in [5, 5.41) is 0. The Hall–Kier alpha value is -1.42. The van der Waals surface area contributed by atoms with E-state index in [-0.39, 0.29) is 29.6 Å². The highest BCUT2D eigenvalue weighted by molar-refractivity contribution is 5.78. The molecule has 1 aromatic rings. The van der Waals surface area contributed by atoms with Crippen LogP contribution < -0.4 is 5.73 Å². The maximum atomic E-state index is 13.0. The predicted molar refractivity (Wildman–Crippen MR) is 73.2 cm³/mol. The van der Waals surface area contributed by atoms with Crippen molar-refractivity contribution in [2.75, 3.05) is 13.6 Å². The zero-order valence-corrected chi connectivity index (χ0v) is 11.5. The summed E-state index contributed by atoms with van der Waals surface area (Å²) < 4.78 is 13.0. The molecule has 0 aliphatic carbocycles. The molecule has 3 nitrogen and oxygen atoms in total. The van der Waals surface area contributed by atoms with Gasteiger partial charge in [-0.2, -0.15) is 0 Å². The van der Waals surface area contributed by atoms with Crippen LogP contribution in [-0.4, -0.2) is 30.4 Å². The molecular weight excluding hydrogens is 243 g/mol. The molecule has 0 spiro atoms. The minimum absolute atomic E-state index is 0.00338. The van der Waals surface area contributed by atoms with Gasteiger partial charge < -0.3 is 10.6 Å². The third-order valence-electron chi connectivity index (χ3n) is 4.25. The molecule has 19 heavy (non-hydrogen) atoms. The minimum atomic E-state index is -0.268. The molecule has 104 valence electrons. The van der Waals surface area contributed by atoms with E-state index in [1.165, 1.54) is 12.1 Å². The fourth-order valence-corrected chi connectivity index (χ4v) is 3.13. The summed E-state index contributed by atoms with van der Waals surface area (Å²) in [6.07, 6.45) is 2.09. The standard InChI is InChI=1S/C15H21FN2O/c1-10(11-5-7-12(16)8-6-11)14(15(17)19)13-4-3-9-18(13)2/h5-8,10,13-14H,3-4,9H2,1-2H3,(H2,17,19)/t10-,13-,14?/m1/s1. The zero-order valence-electron chi connectivity index (χ0n) is 11.5. The second-order valence-corrected chi connectivity index (χ2v) is 5.46. The number of carbonyl (C=O) groups is 1. The van der Waals surface area contributed by atoms with Gasteiger partial charge in [-0.3, -0.25) is 4.79 Å². The Balaban J connectivity index is 2.23. The second-order valence-electron chi connectivity index (χ2n) is 5.46. The number of likely N-dealkylation sites (tertiary alicyclic amines) is 1. The summed E-state index contributed by atoms with van der Waals surface area (Å²) in [7, 11) is 2.03. The Kier molecular flexibility index (Phi) is 4.20. The first-order chi connectivity index (χ1) is 9.00. The van der Waals surface area contributed by atoms with Gasteiger partial charge in [-0.1, -0.05) is 19.1 Å². The van der Waals surface area contributed by atoms with Crippen molar-refractivity contribution in [3.8, 4) is 0 Å². The Labute approximate surface area is 113 Å². The lowest BCUT2D eigenvalue weighted by molar-refractivity contribution is -0.124. The topological polar surface area (TPSA) is 46.3 Å². The second kappa shape index (κ2) is 5.70. The van der Waals surface area contributed by atoms with Crippen molar-refractivity contribution in [1.29, 1.82) is 0 Å². The van der Waals surface area contributed by atoms with E-state index in [1.54, 1.807) is 12.1 Å². The van der Waals surface area contributed by atoms with Crippen LogP contribution in [0.25, 0.3) is 0 Å². The number of hydrogen-bond acceptors (Lipinski definition) is 2. The Morgan fingerprint density at radius 1 is 1.42 bits per heavy atom. The molecule has 1 aromatic carbocycles. The molecule has 3 atom stereocenters. The predicted octanol–water partition coefficient (Wildman–Crippen LogP) is 2.12. The molecule has 0 aromatic heterocycles.